The molecule has 1 aromatic heterocycles. The Morgan fingerprint density at radius 1 is 1.47 bits per heavy atom. The second-order valence-electron chi connectivity index (χ2n) is 4.78. The van der Waals surface area contributed by atoms with Crippen LogP contribution in [0.15, 0.2) is 12.1 Å². The number of pyridine rings is 1. The van der Waals surface area contributed by atoms with Crippen LogP contribution in [0.5, 0.6) is 0 Å². The highest BCUT2D eigenvalue weighted by molar-refractivity contribution is 5.79. The molecular formula is C13H17FN2O3. The molecule has 0 amide bonds. The van der Waals surface area contributed by atoms with Crippen molar-refractivity contribution in [2.24, 2.45) is 0 Å². The molecule has 19 heavy (non-hydrogen) atoms. The molecule has 0 aliphatic carbocycles. The largest absolute Gasteiger partial charge is 0.467 e. The number of rotatable bonds is 2. The number of carbonyl (C=O) groups is 1. The van der Waals surface area contributed by atoms with E-state index in [-0.39, 0.29) is 12.8 Å². The van der Waals surface area contributed by atoms with Crippen LogP contribution < -0.4 is 4.90 Å². The summed E-state index contributed by atoms with van der Waals surface area (Å²) in [6.45, 7) is 2.72. The fraction of sp³-hybridized carbons (Fsp3) is 0.538. The van der Waals surface area contributed by atoms with Gasteiger partial charge in [0, 0.05) is 25.9 Å². The highest BCUT2D eigenvalue weighted by Crippen LogP contribution is 2.28. The van der Waals surface area contributed by atoms with E-state index in [4.69, 9.17) is 0 Å². The number of esters is 1. The van der Waals surface area contributed by atoms with Crippen LogP contribution in [0.2, 0.25) is 0 Å². The van der Waals surface area contributed by atoms with Gasteiger partial charge in [0.1, 0.15) is 5.82 Å². The summed E-state index contributed by atoms with van der Waals surface area (Å²) in [7, 11) is 1.25. The lowest BCUT2D eigenvalue weighted by atomic mass is 9.91. The van der Waals surface area contributed by atoms with Crippen molar-refractivity contribution in [2.75, 3.05) is 25.1 Å². The molecule has 2 rings (SSSR count). The number of piperidine rings is 1. The normalized spacial score (nSPS) is 18.2. The molecule has 1 fully saturated rings. The fourth-order valence-corrected chi connectivity index (χ4v) is 2.30. The van der Waals surface area contributed by atoms with Crippen molar-refractivity contribution in [3.05, 3.63) is 23.6 Å². The summed E-state index contributed by atoms with van der Waals surface area (Å²) in [5.41, 5.74) is -0.572. The molecule has 1 saturated heterocycles. The molecule has 0 bridgehead atoms. The number of hydrogen-bond donors (Lipinski definition) is 1. The molecule has 0 aromatic carbocycles. The Labute approximate surface area is 111 Å². The molecule has 5 nitrogen and oxygen atoms in total. The predicted molar refractivity (Wildman–Crippen MR) is 67.3 cm³/mol. The maximum atomic E-state index is 13.2. The number of aryl methyl sites for hydroxylation is 1. The molecule has 0 atom stereocenters. The van der Waals surface area contributed by atoms with Crippen molar-refractivity contribution in [1.29, 1.82) is 0 Å². The minimum Gasteiger partial charge on any atom is -0.467 e. The van der Waals surface area contributed by atoms with Crippen LogP contribution >= 0.6 is 0 Å². The fourth-order valence-electron chi connectivity index (χ4n) is 2.30. The van der Waals surface area contributed by atoms with Crippen molar-refractivity contribution < 1.29 is 19.0 Å². The molecule has 104 valence electrons. The lowest BCUT2D eigenvalue weighted by Gasteiger charge is -2.37. The molecule has 6 heteroatoms. The van der Waals surface area contributed by atoms with Gasteiger partial charge in [0.25, 0.3) is 0 Å². The Hall–Kier alpha value is -1.69. The van der Waals surface area contributed by atoms with Crippen molar-refractivity contribution >= 4 is 11.8 Å². The third-order valence-electron chi connectivity index (χ3n) is 3.49. The summed E-state index contributed by atoms with van der Waals surface area (Å²) < 4.78 is 17.8. The number of aliphatic hydroxyl groups is 1. The van der Waals surface area contributed by atoms with Gasteiger partial charge in [-0.3, -0.25) is 0 Å². The summed E-state index contributed by atoms with van der Waals surface area (Å²) in [5.74, 6) is -0.586. The van der Waals surface area contributed by atoms with Crippen LogP contribution in [0.1, 0.15) is 18.4 Å². The van der Waals surface area contributed by atoms with Gasteiger partial charge in [-0.05, 0) is 18.6 Å². The zero-order chi connectivity index (χ0) is 14.0. The Morgan fingerprint density at radius 2 is 2.11 bits per heavy atom. The van der Waals surface area contributed by atoms with Gasteiger partial charge in [-0.2, -0.15) is 4.39 Å². The first-order valence-electron chi connectivity index (χ1n) is 6.15. The Bertz CT molecular complexity index is 485. The monoisotopic (exact) mass is 268 g/mol. The molecule has 1 N–H and O–H groups in total. The van der Waals surface area contributed by atoms with Crippen LogP contribution in [-0.2, 0) is 9.53 Å². The molecule has 0 saturated carbocycles. The van der Waals surface area contributed by atoms with Gasteiger partial charge in [0.05, 0.1) is 7.11 Å². The minimum atomic E-state index is -1.44. The van der Waals surface area contributed by atoms with Gasteiger partial charge in [0.2, 0.25) is 5.95 Å². The van der Waals surface area contributed by atoms with E-state index >= 15 is 0 Å². The number of anilines is 1. The van der Waals surface area contributed by atoms with E-state index in [1.165, 1.54) is 13.2 Å². The first-order valence-corrected chi connectivity index (χ1v) is 6.15. The summed E-state index contributed by atoms with van der Waals surface area (Å²) in [4.78, 5) is 17.2. The van der Waals surface area contributed by atoms with E-state index in [2.05, 4.69) is 9.72 Å². The number of aromatic nitrogens is 1. The van der Waals surface area contributed by atoms with Crippen LogP contribution in [0.3, 0.4) is 0 Å². The Kier molecular flexibility index (Phi) is 3.71. The quantitative estimate of drug-likeness (QED) is 0.641. The first kappa shape index (κ1) is 13.7. The lowest BCUT2D eigenvalue weighted by Crippen LogP contribution is -2.50. The van der Waals surface area contributed by atoms with Gasteiger partial charge in [-0.25, -0.2) is 9.78 Å². The first-order chi connectivity index (χ1) is 8.96. The molecule has 1 aromatic rings. The highest BCUT2D eigenvalue weighted by Gasteiger charge is 2.40. The van der Waals surface area contributed by atoms with Crippen molar-refractivity contribution in [3.8, 4) is 0 Å². The maximum absolute atomic E-state index is 13.2. The second kappa shape index (κ2) is 5.13. The third-order valence-corrected chi connectivity index (χ3v) is 3.49. The predicted octanol–water partition coefficient (Wildman–Crippen LogP) is 1.03. The molecule has 0 radical (unpaired) electrons. The van der Waals surface area contributed by atoms with Crippen LogP contribution in [0, 0.1) is 12.9 Å². The Morgan fingerprint density at radius 3 is 2.68 bits per heavy atom. The van der Waals surface area contributed by atoms with Gasteiger partial charge in [-0.15, -0.1) is 0 Å². The van der Waals surface area contributed by atoms with Crippen LogP contribution in [0.25, 0.3) is 0 Å². The number of halogens is 1. The number of nitrogens with zero attached hydrogens (tertiary/aromatic N) is 2. The number of ether oxygens (including phenoxy) is 1. The number of hydrogen-bond acceptors (Lipinski definition) is 5. The molecule has 1 aliphatic heterocycles. The summed E-state index contributed by atoms with van der Waals surface area (Å²) in [6.07, 6.45) is 0.495. The van der Waals surface area contributed by atoms with Gasteiger partial charge < -0.3 is 14.7 Å². The molecule has 0 spiro atoms. The van der Waals surface area contributed by atoms with Gasteiger partial charge in [-0.1, -0.05) is 6.07 Å². The smallest absolute Gasteiger partial charge is 0.337 e. The molecule has 2 heterocycles. The van der Waals surface area contributed by atoms with Gasteiger partial charge in [0.15, 0.2) is 5.60 Å². The van der Waals surface area contributed by atoms with Crippen molar-refractivity contribution in [1.82, 2.24) is 4.98 Å². The standard InChI is InChI=1S/C13H17FN2O3/c1-9-3-4-10(14)15-11(9)16-7-5-13(18,6-8-16)12(17)19-2/h3-4,18H,5-8H2,1-2H3. The van der Waals surface area contributed by atoms with Crippen LogP contribution in [0.4, 0.5) is 10.2 Å². The average molecular weight is 268 g/mol. The van der Waals surface area contributed by atoms with E-state index in [1.54, 1.807) is 6.07 Å². The molecular weight excluding hydrogens is 251 g/mol. The molecule has 1 aliphatic rings. The van der Waals surface area contributed by atoms with E-state index < -0.39 is 17.5 Å². The highest BCUT2D eigenvalue weighted by atomic mass is 19.1. The van der Waals surface area contributed by atoms with E-state index in [0.717, 1.165) is 5.56 Å². The lowest BCUT2D eigenvalue weighted by molar-refractivity contribution is -0.164. The zero-order valence-electron chi connectivity index (χ0n) is 11.0. The topological polar surface area (TPSA) is 62.7 Å². The zero-order valence-corrected chi connectivity index (χ0v) is 11.0. The second-order valence-corrected chi connectivity index (χ2v) is 4.78. The maximum Gasteiger partial charge on any atom is 0.337 e. The Balaban J connectivity index is 2.12. The summed E-state index contributed by atoms with van der Waals surface area (Å²) >= 11 is 0. The van der Waals surface area contributed by atoms with E-state index in [0.29, 0.717) is 18.9 Å². The average Bonchev–Trinajstić information content (AvgIpc) is 2.41. The van der Waals surface area contributed by atoms with E-state index in [9.17, 15) is 14.3 Å². The third kappa shape index (κ3) is 2.68. The van der Waals surface area contributed by atoms with Crippen molar-refractivity contribution in [3.63, 3.8) is 0 Å². The minimum absolute atomic E-state index is 0.247. The number of methoxy groups -OCH3 is 1. The summed E-state index contributed by atoms with van der Waals surface area (Å²) in [6, 6.07) is 2.98. The molecule has 0 unspecified atom stereocenters. The van der Waals surface area contributed by atoms with E-state index in [1.807, 2.05) is 11.8 Å². The van der Waals surface area contributed by atoms with Gasteiger partial charge >= 0.3 is 5.97 Å². The SMILES string of the molecule is COC(=O)C1(O)CCN(c2nc(F)ccc2C)CC1. The van der Waals surface area contributed by atoms with Crippen LogP contribution in [-0.4, -0.2) is 41.9 Å². The van der Waals surface area contributed by atoms with Crippen molar-refractivity contribution in [2.45, 2.75) is 25.4 Å². The number of carbonyl (C=O) groups excluding carboxylic acids is 1. The summed E-state index contributed by atoms with van der Waals surface area (Å²) in [5, 5.41) is 10.1.